The van der Waals surface area contributed by atoms with E-state index < -0.39 is 24.1 Å². The molecule has 1 aliphatic rings. The molecule has 2 atom stereocenters. The number of alkyl carbamates (subject to hydrolysis) is 1. The van der Waals surface area contributed by atoms with Gasteiger partial charge in [-0.25, -0.2) is 9.59 Å². The van der Waals surface area contributed by atoms with Crippen LogP contribution in [0.4, 0.5) is 9.59 Å². The number of carbonyl (C=O) groups excluding carboxylic acids is 4. The van der Waals surface area contributed by atoms with Gasteiger partial charge < -0.3 is 29.0 Å². The van der Waals surface area contributed by atoms with Crippen molar-refractivity contribution in [3.63, 3.8) is 0 Å². The fraction of sp³-hybridized carbons (Fsp3) is 0.343. The molecule has 0 unspecified atom stereocenters. The van der Waals surface area contributed by atoms with E-state index in [1.54, 1.807) is 12.1 Å². The summed E-state index contributed by atoms with van der Waals surface area (Å²) >= 11 is 0. The lowest BCUT2D eigenvalue weighted by Crippen LogP contribution is -2.31. The molecule has 2 amide bonds. The number of hydrogen-bond acceptors (Lipinski definition) is 10. The van der Waals surface area contributed by atoms with Crippen molar-refractivity contribution < 1.29 is 42.9 Å². The van der Waals surface area contributed by atoms with Gasteiger partial charge in [-0.15, -0.1) is 0 Å². The Kier molecular flexibility index (Phi) is 13.2. The number of unbranched alkanes of at least 4 members (excludes halogenated alkanes) is 1. The summed E-state index contributed by atoms with van der Waals surface area (Å²) in [4.78, 5) is 48.0. The average Bonchev–Trinajstić information content (AvgIpc) is 3.43. The summed E-state index contributed by atoms with van der Waals surface area (Å²) in [5.41, 5.74) is 3.23. The summed E-state index contributed by atoms with van der Waals surface area (Å²) in [6, 6.07) is 23.7. The van der Waals surface area contributed by atoms with Gasteiger partial charge in [-0.05, 0) is 41.7 Å². The molecule has 0 saturated carbocycles. The second-order valence-corrected chi connectivity index (χ2v) is 10.8. The molecular weight excluding hydrogens is 606 g/mol. The third-order valence-corrected chi connectivity index (χ3v) is 7.24. The van der Waals surface area contributed by atoms with E-state index in [2.05, 4.69) is 10.6 Å². The number of benzene rings is 3. The van der Waals surface area contributed by atoms with Crippen LogP contribution >= 0.6 is 0 Å². The quantitative estimate of drug-likeness (QED) is 0.0648. The van der Waals surface area contributed by atoms with Gasteiger partial charge in [0, 0.05) is 5.56 Å². The lowest BCUT2D eigenvalue weighted by molar-refractivity contribution is -0.147. The van der Waals surface area contributed by atoms with E-state index in [0.717, 1.165) is 29.5 Å². The van der Waals surface area contributed by atoms with Crippen molar-refractivity contribution >= 4 is 30.0 Å². The minimum atomic E-state index is -0.802. The van der Waals surface area contributed by atoms with Gasteiger partial charge in [0.2, 0.25) is 5.91 Å². The fourth-order valence-electron chi connectivity index (χ4n) is 4.70. The summed E-state index contributed by atoms with van der Waals surface area (Å²) in [5.74, 6) is -0.762. The predicted octanol–water partition coefficient (Wildman–Crippen LogP) is 5.38. The van der Waals surface area contributed by atoms with Crippen molar-refractivity contribution in [2.75, 3.05) is 26.4 Å². The molecule has 1 saturated heterocycles. The lowest BCUT2D eigenvalue weighted by Gasteiger charge is -2.13. The molecule has 1 fully saturated rings. The molecule has 47 heavy (non-hydrogen) atoms. The molecule has 12 heteroatoms. The molecule has 0 aliphatic carbocycles. The summed E-state index contributed by atoms with van der Waals surface area (Å²) < 4.78 is 25.8. The van der Waals surface area contributed by atoms with Gasteiger partial charge in [0.1, 0.15) is 38.0 Å². The Labute approximate surface area is 273 Å². The van der Waals surface area contributed by atoms with E-state index in [9.17, 15) is 19.2 Å². The third kappa shape index (κ3) is 11.5. The van der Waals surface area contributed by atoms with Crippen LogP contribution in [0.25, 0.3) is 11.1 Å². The Morgan fingerprint density at radius 1 is 0.851 bits per heavy atom. The zero-order valence-electron chi connectivity index (χ0n) is 26.2. The van der Waals surface area contributed by atoms with E-state index >= 15 is 0 Å². The number of esters is 1. The maximum absolute atomic E-state index is 12.4. The maximum atomic E-state index is 12.4. The second-order valence-electron chi connectivity index (χ2n) is 10.8. The molecule has 12 nitrogen and oxygen atoms in total. The molecule has 0 spiro atoms. The molecule has 0 bridgehead atoms. The van der Waals surface area contributed by atoms with Gasteiger partial charge in [0.25, 0.3) is 0 Å². The molecular formula is C35H39N3O9. The van der Waals surface area contributed by atoms with Crippen LogP contribution in [-0.2, 0) is 35.1 Å². The van der Waals surface area contributed by atoms with Crippen LogP contribution in [0.5, 0.6) is 5.75 Å². The van der Waals surface area contributed by atoms with Crippen LogP contribution in [-0.4, -0.2) is 62.4 Å². The highest BCUT2D eigenvalue weighted by atomic mass is 16.7. The molecule has 0 aromatic heterocycles. The largest absolute Gasteiger partial charge is 0.508 e. The van der Waals surface area contributed by atoms with E-state index in [1.165, 1.54) is 0 Å². The minimum Gasteiger partial charge on any atom is -0.491 e. The standard InChI is InChI=1S/C35H39N3O9/c1-2-3-17-44-35(42)45-19-18-43-31(39)21-28-20-29(37-33(28)40)23-46-30-15-13-26(14-16-30)25-9-11-27(12-10-25)32(36)38-34(41)47-22-24-7-5-4-6-8-24/h4-16,28-29H,2-3,17-23H2,1H3,(H,37,40)(H2,36,38,41)/t28-,29-/m0/s1. The molecule has 3 aromatic carbocycles. The Morgan fingerprint density at radius 3 is 2.21 bits per heavy atom. The summed E-state index contributed by atoms with van der Waals surface area (Å²) in [6.07, 6.45) is 0.479. The first-order chi connectivity index (χ1) is 22.8. The Bertz CT molecular complexity index is 1490. The van der Waals surface area contributed by atoms with E-state index in [4.69, 9.17) is 29.1 Å². The SMILES string of the molecule is CCCCOC(=O)OCCOC(=O)C[C@@H]1C[C@@H](COc2ccc(-c3ccc(C(=N)NC(=O)OCc4ccccc4)cc3)cc2)NC1=O. The first-order valence-corrected chi connectivity index (χ1v) is 15.5. The number of amides is 2. The van der Waals surface area contributed by atoms with E-state index in [0.29, 0.717) is 17.7 Å². The highest BCUT2D eigenvalue weighted by Crippen LogP contribution is 2.25. The number of hydrogen-bond donors (Lipinski definition) is 3. The minimum absolute atomic E-state index is 0.0668. The van der Waals surface area contributed by atoms with Crippen LogP contribution in [0.1, 0.15) is 43.7 Å². The van der Waals surface area contributed by atoms with Gasteiger partial charge in [-0.3, -0.25) is 20.3 Å². The first kappa shape index (κ1) is 34.5. The zero-order chi connectivity index (χ0) is 33.4. The number of amidine groups is 1. The smallest absolute Gasteiger partial charge is 0.491 e. The van der Waals surface area contributed by atoms with E-state index in [-0.39, 0.29) is 57.2 Å². The monoisotopic (exact) mass is 645 g/mol. The molecule has 248 valence electrons. The summed E-state index contributed by atoms with van der Waals surface area (Å²) in [7, 11) is 0. The van der Waals surface area contributed by atoms with Gasteiger partial charge in [-0.1, -0.05) is 80.1 Å². The van der Waals surface area contributed by atoms with Crippen molar-refractivity contribution in [1.82, 2.24) is 10.6 Å². The molecule has 1 aliphatic heterocycles. The van der Waals surface area contributed by atoms with Gasteiger partial charge in [0.05, 0.1) is 25.0 Å². The average molecular weight is 646 g/mol. The lowest BCUT2D eigenvalue weighted by atomic mass is 10.0. The van der Waals surface area contributed by atoms with Crippen LogP contribution in [0.3, 0.4) is 0 Å². The Morgan fingerprint density at radius 2 is 1.51 bits per heavy atom. The third-order valence-electron chi connectivity index (χ3n) is 7.24. The second kappa shape index (κ2) is 17.9. The molecule has 4 rings (SSSR count). The first-order valence-electron chi connectivity index (χ1n) is 15.5. The van der Waals surface area contributed by atoms with Crippen molar-refractivity contribution in [3.8, 4) is 16.9 Å². The van der Waals surface area contributed by atoms with Crippen LogP contribution in [0, 0.1) is 11.3 Å². The van der Waals surface area contributed by atoms with Crippen LogP contribution < -0.4 is 15.4 Å². The van der Waals surface area contributed by atoms with Crippen molar-refractivity contribution in [2.24, 2.45) is 5.92 Å². The molecule has 3 aromatic rings. The maximum Gasteiger partial charge on any atom is 0.508 e. The van der Waals surface area contributed by atoms with Crippen molar-refractivity contribution in [1.29, 1.82) is 5.41 Å². The van der Waals surface area contributed by atoms with Gasteiger partial charge in [0.15, 0.2) is 0 Å². The Hall–Kier alpha value is -5.39. The van der Waals surface area contributed by atoms with Crippen LogP contribution in [0.2, 0.25) is 0 Å². The molecule has 1 heterocycles. The normalized spacial score (nSPS) is 15.2. The van der Waals surface area contributed by atoms with Crippen LogP contribution in [0.15, 0.2) is 78.9 Å². The topological polar surface area (TPSA) is 162 Å². The molecule has 0 radical (unpaired) electrons. The summed E-state index contributed by atoms with van der Waals surface area (Å²) in [6.45, 7) is 2.37. The summed E-state index contributed by atoms with van der Waals surface area (Å²) in [5, 5.41) is 13.5. The number of rotatable bonds is 15. The van der Waals surface area contributed by atoms with E-state index in [1.807, 2.05) is 73.7 Å². The number of carbonyl (C=O) groups is 4. The van der Waals surface area contributed by atoms with Gasteiger partial charge in [-0.2, -0.15) is 0 Å². The van der Waals surface area contributed by atoms with Crippen molar-refractivity contribution in [2.45, 2.75) is 45.3 Å². The highest BCUT2D eigenvalue weighted by Gasteiger charge is 2.34. The van der Waals surface area contributed by atoms with Gasteiger partial charge >= 0.3 is 18.2 Å². The number of nitrogens with one attached hydrogen (secondary N) is 3. The molecule has 3 N–H and O–H groups in total. The zero-order valence-corrected chi connectivity index (χ0v) is 26.2. The predicted molar refractivity (Wildman–Crippen MR) is 172 cm³/mol. The Balaban J connectivity index is 1.14. The number of ether oxygens (including phenoxy) is 5. The fourth-order valence-corrected chi connectivity index (χ4v) is 4.70. The van der Waals surface area contributed by atoms with Crippen molar-refractivity contribution in [3.05, 3.63) is 90.0 Å². The highest BCUT2D eigenvalue weighted by molar-refractivity contribution is 6.04.